The van der Waals surface area contributed by atoms with Gasteiger partial charge in [-0.2, -0.15) is 0 Å². The Balaban J connectivity index is 1.06. The van der Waals surface area contributed by atoms with Crippen LogP contribution in [0.25, 0.3) is 75.8 Å². The number of benzene rings is 11. The smallest absolute Gasteiger partial charge is 0.264 e. The first-order chi connectivity index (χ1) is 38.0. The zero-order chi connectivity index (χ0) is 54.3. The minimum Gasteiger partial charge on any atom is -0.311 e. The minimum absolute atomic E-state index is 0.0197. The molecule has 0 radical (unpaired) electrons. The zero-order valence-electron chi connectivity index (χ0n) is 47.1. The Hall–Kier alpha value is -8.18. The third-order valence-electron chi connectivity index (χ3n) is 17.1. The van der Waals surface area contributed by atoms with E-state index in [1.54, 1.807) is 0 Å². The molecule has 0 N–H and O–H groups in total. The number of hydrogen-bond acceptors (Lipinski definition) is 3. The van der Waals surface area contributed by atoms with Gasteiger partial charge >= 0.3 is 0 Å². The first-order valence-corrected chi connectivity index (χ1v) is 29.0. The van der Waals surface area contributed by atoms with Gasteiger partial charge < -0.3 is 9.80 Å². The van der Waals surface area contributed by atoms with Crippen molar-refractivity contribution in [2.75, 3.05) is 9.80 Å². The van der Waals surface area contributed by atoms with E-state index in [0.29, 0.717) is 0 Å². The van der Waals surface area contributed by atoms with Gasteiger partial charge in [0.05, 0.1) is 11.4 Å². The van der Waals surface area contributed by atoms with Crippen molar-refractivity contribution in [3.05, 3.63) is 235 Å². The van der Waals surface area contributed by atoms with Gasteiger partial charge in [0.1, 0.15) is 0 Å². The normalized spacial score (nSPS) is 13.4. The van der Waals surface area contributed by atoms with Gasteiger partial charge in [0.2, 0.25) is 0 Å². The lowest BCUT2D eigenvalue weighted by Crippen LogP contribution is -2.60. The van der Waals surface area contributed by atoms with Crippen LogP contribution in [-0.4, -0.2) is 6.71 Å². The molecule has 12 aromatic rings. The average molecular weight is 1040 g/mol. The summed E-state index contributed by atoms with van der Waals surface area (Å²) in [6.45, 7) is 23.2. The Kier molecular flexibility index (Phi) is 11.2. The van der Waals surface area contributed by atoms with E-state index in [1.807, 2.05) is 11.3 Å². The molecule has 11 aromatic carbocycles. The molecule has 0 saturated heterocycles. The first kappa shape index (κ1) is 49.1. The first-order valence-electron chi connectivity index (χ1n) is 28.2. The summed E-state index contributed by atoms with van der Waals surface area (Å²) in [6.07, 6.45) is 0. The molecule has 0 bridgehead atoms. The van der Waals surface area contributed by atoms with Crippen molar-refractivity contribution >= 4 is 110 Å². The van der Waals surface area contributed by atoms with Crippen molar-refractivity contribution in [2.45, 2.75) is 85.5 Å². The molecule has 0 spiro atoms. The van der Waals surface area contributed by atoms with E-state index < -0.39 is 0 Å². The molecule has 0 unspecified atom stereocenters. The average Bonchev–Trinajstić information content (AvgIpc) is 3.92. The summed E-state index contributed by atoms with van der Waals surface area (Å²) in [5.74, 6) is 0. The Labute approximate surface area is 470 Å². The quantitative estimate of drug-likeness (QED) is 0.125. The second-order valence-corrected chi connectivity index (χ2v) is 26.5. The summed E-state index contributed by atoms with van der Waals surface area (Å²) in [7, 11) is 0. The van der Waals surface area contributed by atoms with Crippen LogP contribution in [0.3, 0.4) is 0 Å². The van der Waals surface area contributed by atoms with Crippen molar-refractivity contribution in [1.29, 1.82) is 0 Å². The molecule has 2 nitrogen and oxygen atoms in total. The number of hydrogen-bond donors (Lipinski definition) is 0. The number of rotatable bonds is 5. The highest BCUT2D eigenvalue weighted by atomic mass is 32.1. The highest BCUT2D eigenvalue weighted by Crippen LogP contribution is 2.51. The molecule has 1 aromatic heterocycles. The van der Waals surface area contributed by atoms with Crippen molar-refractivity contribution in [2.24, 2.45) is 0 Å². The fourth-order valence-corrected chi connectivity index (χ4v) is 14.2. The molecule has 2 aliphatic heterocycles. The van der Waals surface area contributed by atoms with Gasteiger partial charge in [-0.1, -0.05) is 214 Å². The number of anilines is 6. The van der Waals surface area contributed by atoms with Gasteiger partial charge in [-0.05, 0) is 177 Å². The lowest BCUT2D eigenvalue weighted by molar-refractivity contribution is 0.590. The zero-order valence-corrected chi connectivity index (χ0v) is 47.9. The lowest BCUT2D eigenvalue weighted by Gasteiger charge is -2.44. The van der Waals surface area contributed by atoms with Crippen LogP contribution in [0, 0.1) is 6.92 Å². The second kappa shape index (κ2) is 17.9. The fourth-order valence-electron chi connectivity index (χ4n) is 12.9. The maximum atomic E-state index is 2.64. The van der Waals surface area contributed by atoms with Crippen LogP contribution in [0.5, 0.6) is 0 Å². The van der Waals surface area contributed by atoms with Gasteiger partial charge in [-0.15, -0.1) is 11.3 Å². The predicted octanol–water partition coefficient (Wildman–Crippen LogP) is 19.6. The summed E-state index contributed by atoms with van der Waals surface area (Å²) in [6, 6.07) is 81.4. The van der Waals surface area contributed by atoms with Gasteiger partial charge in [0.15, 0.2) is 0 Å². The topological polar surface area (TPSA) is 6.48 Å². The summed E-state index contributed by atoms with van der Waals surface area (Å²) >= 11 is 1.98. The van der Waals surface area contributed by atoms with Crippen LogP contribution < -0.4 is 25.5 Å². The molecule has 0 atom stereocenters. The van der Waals surface area contributed by atoms with Gasteiger partial charge in [-0.3, -0.25) is 0 Å². The summed E-state index contributed by atoms with van der Waals surface area (Å²) in [5.41, 5.74) is 22.4. The van der Waals surface area contributed by atoms with E-state index >= 15 is 0 Å². The van der Waals surface area contributed by atoms with Crippen LogP contribution in [0.15, 0.2) is 212 Å². The van der Waals surface area contributed by atoms with E-state index in [4.69, 9.17) is 0 Å². The van der Waals surface area contributed by atoms with E-state index in [2.05, 4.69) is 291 Å². The molecule has 2 aliphatic rings. The van der Waals surface area contributed by atoms with Crippen molar-refractivity contribution in [1.82, 2.24) is 0 Å². The molecule has 0 fully saturated rings. The Morgan fingerprint density at radius 2 is 0.848 bits per heavy atom. The van der Waals surface area contributed by atoms with E-state index in [0.717, 1.165) is 0 Å². The van der Waals surface area contributed by atoms with Gasteiger partial charge in [0, 0.05) is 43.2 Å². The maximum absolute atomic E-state index is 2.64. The molecular formula is C75H65BN2S. The van der Waals surface area contributed by atoms with Gasteiger partial charge in [-0.25, -0.2) is 0 Å². The molecule has 3 heterocycles. The molecule has 0 aliphatic carbocycles. The van der Waals surface area contributed by atoms with Gasteiger partial charge in [0.25, 0.3) is 6.71 Å². The molecule has 0 amide bonds. The highest BCUT2D eigenvalue weighted by molar-refractivity contribution is 7.33. The number of thiophene rings is 1. The number of aryl methyl sites for hydroxylation is 1. The third kappa shape index (κ3) is 8.04. The molecule has 14 rings (SSSR count). The minimum atomic E-state index is -0.0845. The van der Waals surface area contributed by atoms with Crippen molar-refractivity contribution in [3.63, 3.8) is 0 Å². The Morgan fingerprint density at radius 1 is 0.354 bits per heavy atom. The highest BCUT2D eigenvalue weighted by Gasteiger charge is 2.46. The van der Waals surface area contributed by atoms with Crippen LogP contribution in [0.1, 0.15) is 84.6 Å². The molecule has 384 valence electrons. The third-order valence-corrected chi connectivity index (χ3v) is 18.4. The Morgan fingerprint density at radius 3 is 1.48 bits per heavy atom. The molecule has 0 saturated carbocycles. The standard InChI is InChI=1S/C75H65BN2S/c1-46-40-67-70-68(41-46)78(65-38-32-53(74(5,6)7)44-61(65)51-28-36-60-58-22-15-14-20-56(58)57-21-16-17-23-59(57)62(60)42-51)66-37-29-50(49-26-24-48(25-27-49)47-18-12-11-13-19-47)43-64(66)76(70)72-71(63-45-54(75(8,9)10)33-39-69(63)79-72)77(67)55-34-30-52(31-35-55)73(2,3)4/h11-45H,1-10H3. The van der Waals surface area contributed by atoms with Crippen LogP contribution in [0.4, 0.5) is 34.1 Å². The van der Waals surface area contributed by atoms with Crippen molar-refractivity contribution < 1.29 is 0 Å². The number of nitrogens with zero attached hydrogens (tertiary/aromatic N) is 2. The molecule has 4 heteroatoms. The van der Waals surface area contributed by atoms with Crippen LogP contribution in [-0.2, 0) is 16.2 Å². The largest absolute Gasteiger partial charge is 0.311 e. The van der Waals surface area contributed by atoms with E-state index in [-0.39, 0.29) is 23.0 Å². The summed E-state index contributed by atoms with van der Waals surface area (Å²) < 4.78 is 2.70. The van der Waals surface area contributed by atoms with Crippen LogP contribution >= 0.6 is 11.3 Å². The Bertz CT molecular complexity index is 4390. The second-order valence-electron chi connectivity index (χ2n) is 25.4. The number of fused-ring (bicyclic) bond motifs is 12. The SMILES string of the molecule is Cc1cc2c3c(c1)N(c1ccc(C(C)(C)C)cc1)c1c(sc4ccc(C(C)(C)C)cc14)B3c1cc(-c3ccc(-c4ccccc4)cc3)ccc1N2c1ccc(C(C)(C)C)cc1-c1ccc2c3ccccc3c3ccccc3c2c1. The molecular weight excluding hydrogens is 972 g/mol. The maximum Gasteiger partial charge on any atom is 0.264 e. The molecule has 79 heavy (non-hydrogen) atoms. The van der Waals surface area contributed by atoms with Crippen molar-refractivity contribution in [3.8, 4) is 33.4 Å². The fraction of sp³-hybridized carbons (Fsp3) is 0.173. The van der Waals surface area contributed by atoms with E-state index in [9.17, 15) is 0 Å². The predicted molar refractivity (Wildman–Crippen MR) is 346 cm³/mol. The summed E-state index contributed by atoms with van der Waals surface area (Å²) in [5, 5.41) is 9.00. The van der Waals surface area contributed by atoms with Crippen LogP contribution in [0.2, 0.25) is 0 Å². The summed E-state index contributed by atoms with van der Waals surface area (Å²) in [4.78, 5) is 5.27. The van der Waals surface area contributed by atoms with E-state index in [1.165, 1.54) is 148 Å². The lowest BCUT2D eigenvalue weighted by atomic mass is 9.36. The monoisotopic (exact) mass is 1040 g/mol.